The van der Waals surface area contributed by atoms with Crippen molar-refractivity contribution in [1.82, 2.24) is 14.7 Å². The largest absolute Gasteiger partial charge is 0.395 e. The summed E-state index contributed by atoms with van der Waals surface area (Å²) in [5, 5.41) is 18.4. The van der Waals surface area contributed by atoms with Gasteiger partial charge in [-0.05, 0) is 61.8 Å². The summed E-state index contributed by atoms with van der Waals surface area (Å²) in [6.45, 7) is 1.66. The number of hydrogen-bond donors (Lipinski definition) is 4. The summed E-state index contributed by atoms with van der Waals surface area (Å²) < 4.78 is 29.5. The zero-order valence-corrected chi connectivity index (χ0v) is 23.9. The van der Waals surface area contributed by atoms with E-state index in [0.29, 0.717) is 41.6 Å². The van der Waals surface area contributed by atoms with E-state index in [1.54, 1.807) is 6.07 Å². The molecular formula is C30H38N6O3S. The Kier molecular flexibility index (Phi) is 8.68. The fourth-order valence-electron chi connectivity index (χ4n) is 5.53. The fourth-order valence-corrected chi connectivity index (χ4v) is 6.87. The van der Waals surface area contributed by atoms with Gasteiger partial charge in [-0.1, -0.05) is 36.4 Å². The molecule has 5 rings (SSSR count). The minimum atomic E-state index is -3.64. The lowest BCUT2D eigenvalue weighted by Crippen LogP contribution is -2.32. The first-order valence-corrected chi connectivity index (χ1v) is 15.4. The van der Waals surface area contributed by atoms with Gasteiger partial charge >= 0.3 is 0 Å². The van der Waals surface area contributed by atoms with Crippen molar-refractivity contribution in [3.8, 4) is 0 Å². The Morgan fingerprint density at radius 3 is 2.25 bits per heavy atom. The third-order valence-electron chi connectivity index (χ3n) is 7.72. The molecule has 0 bridgehead atoms. The summed E-state index contributed by atoms with van der Waals surface area (Å²) in [4.78, 5) is 11.6. The molecule has 10 heteroatoms. The predicted octanol–water partition coefficient (Wildman–Crippen LogP) is 4.45. The van der Waals surface area contributed by atoms with E-state index in [-0.39, 0.29) is 6.61 Å². The minimum Gasteiger partial charge on any atom is -0.395 e. The van der Waals surface area contributed by atoms with Gasteiger partial charge < -0.3 is 20.6 Å². The maximum Gasteiger partial charge on any atom is 0.241 e. The smallest absolute Gasteiger partial charge is 0.241 e. The van der Waals surface area contributed by atoms with Gasteiger partial charge in [-0.2, -0.15) is 4.98 Å². The monoisotopic (exact) mass is 562 g/mol. The van der Waals surface area contributed by atoms with E-state index in [4.69, 9.17) is 0 Å². The van der Waals surface area contributed by atoms with E-state index in [1.807, 2.05) is 73.6 Å². The van der Waals surface area contributed by atoms with Crippen LogP contribution in [0.5, 0.6) is 0 Å². The maximum absolute atomic E-state index is 13.3. The second kappa shape index (κ2) is 12.4. The Labute approximate surface area is 236 Å². The minimum absolute atomic E-state index is 0.0276. The summed E-state index contributed by atoms with van der Waals surface area (Å²) in [7, 11) is 0.285. The summed E-state index contributed by atoms with van der Waals surface area (Å²) in [5.74, 6) is 2.06. The van der Waals surface area contributed by atoms with Crippen LogP contribution in [-0.2, 0) is 10.0 Å². The van der Waals surface area contributed by atoms with Crippen molar-refractivity contribution in [1.29, 1.82) is 0 Å². The van der Waals surface area contributed by atoms with Crippen molar-refractivity contribution in [2.45, 2.75) is 30.6 Å². The zero-order chi connectivity index (χ0) is 28.1. The highest BCUT2D eigenvalue weighted by molar-refractivity contribution is 7.89. The van der Waals surface area contributed by atoms with E-state index in [0.717, 1.165) is 59.6 Å². The number of aliphatic hydroxyl groups is 1. The molecule has 0 amide bonds. The molecule has 0 saturated heterocycles. The third kappa shape index (κ3) is 6.29. The van der Waals surface area contributed by atoms with Gasteiger partial charge in [-0.25, -0.2) is 18.1 Å². The van der Waals surface area contributed by atoms with E-state index in [9.17, 15) is 13.5 Å². The molecule has 212 valence electrons. The average molecular weight is 563 g/mol. The number of rotatable bonds is 11. The first-order chi connectivity index (χ1) is 19.4. The van der Waals surface area contributed by atoms with Crippen LogP contribution in [-0.4, -0.2) is 63.8 Å². The van der Waals surface area contributed by atoms with Gasteiger partial charge in [0.2, 0.25) is 16.0 Å². The zero-order valence-electron chi connectivity index (χ0n) is 23.1. The Morgan fingerprint density at radius 2 is 1.50 bits per heavy atom. The molecule has 40 heavy (non-hydrogen) atoms. The first-order valence-electron chi connectivity index (χ1n) is 13.9. The Hall–Kier alpha value is -3.47. The number of hydrogen-bond acceptors (Lipinski definition) is 8. The molecule has 9 nitrogen and oxygen atoms in total. The van der Waals surface area contributed by atoms with Crippen molar-refractivity contribution in [2.75, 3.05) is 55.9 Å². The summed E-state index contributed by atoms with van der Waals surface area (Å²) in [5.41, 5.74) is 1.84. The lowest BCUT2D eigenvalue weighted by molar-refractivity contribution is 0.284. The number of aromatic nitrogens is 2. The number of para-hydroxylation sites is 1. The van der Waals surface area contributed by atoms with Crippen molar-refractivity contribution in [2.24, 2.45) is 11.8 Å². The molecule has 1 aliphatic carbocycles. The van der Waals surface area contributed by atoms with Gasteiger partial charge in [0.25, 0.3) is 0 Å². The molecule has 0 radical (unpaired) electrons. The second-order valence-electron chi connectivity index (χ2n) is 10.7. The van der Waals surface area contributed by atoms with Crippen LogP contribution in [0.4, 0.5) is 17.5 Å². The van der Waals surface area contributed by atoms with Crippen molar-refractivity contribution >= 4 is 49.2 Å². The first kappa shape index (κ1) is 28.1. The predicted molar refractivity (Wildman–Crippen MR) is 163 cm³/mol. The van der Waals surface area contributed by atoms with E-state index in [2.05, 4.69) is 25.3 Å². The number of anilines is 3. The van der Waals surface area contributed by atoms with Gasteiger partial charge in [-0.3, -0.25) is 0 Å². The van der Waals surface area contributed by atoms with Gasteiger partial charge in [0, 0.05) is 55.6 Å². The molecule has 4 N–H and O–H groups in total. The molecule has 0 atom stereocenters. The van der Waals surface area contributed by atoms with E-state index < -0.39 is 10.0 Å². The second-order valence-corrected chi connectivity index (χ2v) is 12.4. The van der Waals surface area contributed by atoms with Crippen molar-refractivity contribution in [3.05, 3.63) is 60.7 Å². The molecule has 0 spiro atoms. The molecule has 1 aliphatic rings. The van der Waals surface area contributed by atoms with Gasteiger partial charge in [0.05, 0.1) is 17.0 Å². The molecular weight excluding hydrogens is 524 g/mol. The van der Waals surface area contributed by atoms with Crippen LogP contribution in [0.25, 0.3) is 21.7 Å². The lowest BCUT2D eigenvalue weighted by atomic mass is 9.82. The molecule has 1 aromatic heterocycles. The normalized spacial score (nSPS) is 17.7. The summed E-state index contributed by atoms with van der Waals surface area (Å²) in [6.07, 6.45) is 3.97. The number of sulfonamides is 1. The molecule has 1 saturated carbocycles. The molecule has 0 unspecified atom stereocenters. The number of nitrogens with zero attached hydrogens (tertiary/aromatic N) is 3. The highest BCUT2D eigenvalue weighted by atomic mass is 32.2. The van der Waals surface area contributed by atoms with Crippen LogP contribution in [0.15, 0.2) is 65.6 Å². The Morgan fingerprint density at radius 1 is 0.825 bits per heavy atom. The quantitative estimate of drug-likeness (QED) is 0.212. The number of benzene rings is 3. The summed E-state index contributed by atoms with van der Waals surface area (Å²) in [6, 6.07) is 19.1. The van der Waals surface area contributed by atoms with Crippen LogP contribution >= 0.6 is 0 Å². The molecule has 3 aromatic carbocycles. The van der Waals surface area contributed by atoms with Crippen LogP contribution in [0.1, 0.15) is 25.7 Å². The molecule has 1 heterocycles. The average Bonchev–Trinajstić information content (AvgIpc) is 2.97. The van der Waals surface area contributed by atoms with E-state index >= 15 is 0 Å². The lowest BCUT2D eigenvalue weighted by Gasteiger charge is -2.28. The SMILES string of the molecule is CN(C)c1cccc2c(S(=O)(=O)NCC3CCC(CNc4nc(NCCO)c5ccccc5n4)CC3)cccc12. The van der Waals surface area contributed by atoms with Gasteiger partial charge in [-0.15, -0.1) is 0 Å². The van der Waals surface area contributed by atoms with Crippen LogP contribution in [0.2, 0.25) is 0 Å². The molecule has 0 aliphatic heterocycles. The Bertz CT molecular complexity index is 1570. The van der Waals surface area contributed by atoms with Crippen molar-refractivity contribution in [3.63, 3.8) is 0 Å². The summed E-state index contributed by atoms with van der Waals surface area (Å²) >= 11 is 0. The van der Waals surface area contributed by atoms with Gasteiger partial charge in [0.1, 0.15) is 5.82 Å². The Balaban J connectivity index is 1.16. The number of fused-ring (bicyclic) bond motifs is 2. The molecule has 1 fully saturated rings. The number of aliphatic hydroxyl groups excluding tert-OH is 1. The highest BCUT2D eigenvalue weighted by Crippen LogP contribution is 2.32. The number of nitrogens with one attached hydrogen (secondary N) is 3. The van der Waals surface area contributed by atoms with Crippen molar-refractivity contribution < 1.29 is 13.5 Å². The van der Waals surface area contributed by atoms with Crippen LogP contribution < -0.4 is 20.3 Å². The third-order valence-corrected chi connectivity index (χ3v) is 9.20. The highest BCUT2D eigenvalue weighted by Gasteiger charge is 2.24. The molecule has 4 aromatic rings. The van der Waals surface area contributed by atoms with E-state index in [1.165, 1.54) is 0 Å². The van der Waals surface area contributed by atoms with Crippen LogP contribution in [0.3, 0.4) is 0 Å². The van der Waals surface area contributed by atoms with Gasteiger partial charge in [0.15, 0.2) is 0 Å². The fraction of sp³-hybridized carbons (Fsp3) is 0.400. The standard InChI is InChI=1S/C30H38N6O3S/c1-36(2)27-11-5-9-24-23(27)8-6-12-28(24)40(38,39)33-20-22-15-13-21(14-16-22)19-32-30-34-26-10-4-3-7-25(26)29(35-30)31-17-18-37/h3-12,21-22,33,37H,13-20H2,1-2H3,(H2,31,32,34,35). The maximum atomic E-state index is 13.3. The topological polar surface area (TPSA) is 119 Å². The van der Waals surface area contributed by atoms with Crippen LogP contribution in [0, 0.1) is 11.8 Å².